The van der Waals surface area contributed by atoms with Crippen molar-refractivity contribution in [3.05, 3.63) is 0 Å². The second-order valence-corrected chi connectivity index (χ2v) is 1.21. The van der Waals surface area contributed by atoms with Gasteiger partial charge in [0.05, 0.1) is 0 Å². The normalized spacial score (nSPS) is 18.1. The van der Waals surface area contributed by atoms with E-state index in [0.29, 0.717) is 5.17 Å². The highest BCUT2D eigenvalue weighted by atomic mass is 16.9. The van der Waals surface area contributed by atoms with Crippen molar-refractivity contribution in [1.29, 1.82) is 0 Å². The molecule has 0 radical (unpaired) electrons. The van der Waals surface area contributed by atoms with E-state index in [1.54, 1.807) is 0 Å². The van der Waals surface area contributed by atoms with Crippen molar-refractivity contribution in [2.24, 2.45) is 16.7 Å². The largest absolute Gasteiger partial charge is 0.562 e. The van der Waals surface area contributed by atoms with E-state index >= 15 is 0 Å². The number of rotatable bonds is 0. The predicted octanol–water partition coefficient (Wildman–Crippen LogP) is -1.53. The molecule has 50 valence electrons. The van der Waals surface area contributed by atoms with Crippen molar-refractivity contribution in [2.75, 3.05) is 0 Å². The number of nitrogens with two attached hydrogens (primary N) is 2. The molecule has 0 bridgehead atoms. The fraction of sp³-hybridized carbons (Fsp3) is 0. The van der Waals surface area contributed by atoms with Gasteiger partial charge < -0.3 is 5.73 Å². The summed E-state index contributed by atoms with van der Waals surface area (Å²) < 4.78 is 0. The molecule has 0 atom stereocenters. The average molecular weight is 132 g/mol. The first kappa shape index (κ1) is 5.63. The average Bonchev–Trinajstić information content (AvgIpc) is 1.80. The van der Waals surface area contributed by atoms with E-state index in [4.69, 9.17) is 11.6 Å². The van der Waals surface area contributed by atoms with E-state index in [1.165, 1.54) is 0 Å². The van der Waals surface area contributed by atoms with Crippen LogP contribution < -0.4 is 11.6 Å². The number of hydrogen-bond donors (Lipinski definition) is 2. The second-order valence-electron chi connectivity index (χ2n) is 1.21. The third-order valence-corrected chi connectivity index (χ3v) is 0.612. The van der Waals surface area contributed by atoms with E-state index in [1.807, 2.05) is 0 Å². The Hall–Kier alpha value is -1.50. The summed E-state index contributed by atoms with van der Waals surface area (Å²) in [6.07, 6.45) is -1.01. The van der Waals surface area contributed by atoms with Crippen LogP contribution in [0.25, 0.3) is 0 Å². The Balaban J connectivity index is 2.67. The van der Waals surface area contributed by atoms with Gasteiger partial charge in [0.25, 0.3) is 5.96 Å². The Kier molecular flexibility index (Phi) is 1.12. The Bertz CT molecular complexity index is 165. The summed E-state index contributed by atoms with van der Waals surface area (Å²) in [5.41, 5.74) is 4.99. The van der Waals surface area contributed by atoms with Crippen LogP contribution in [0.4, 0.5) is 4.79 Å². The molecule has 0 aromatic heterocycles. The van der Waals surface area contributed by atoms with Crippen LogP contribution in [0.15, 0.2) is 5.16 Å². The highest BCUT2D eigenvalue weighted by Crippen LogP contribution is 1.94. The summed E-state index contributed by atoms with van der Waals surface area (Å²) in [6, 6.07) is 0. The fourth-order valence-electron chi connectivity index (χ4n) is 0.268. The van der Waals surface area contributed by atoms with Crippen LogP contribution in [0, 0.1) is 0 Å². The molecule has 0 aromatic rings. The minimum Gasteiger partial charge on any atom is -0.363 e. The minimum atomic E-state index is -1.01. The zero-order valence-corrected chi connectivity index (χ0v) is 4.27. The highest BCUT2D eigenvalue weighted by molar-refractivity contribution is 5.79. The standard InChI is InChI=1S/C2H4N4O3/c3-1-5-8-2(7)9-6(1)4/h4H2,(H2,3,5). The first-order chi connectivity index (χ1) is 4.20. The molecule has 1 aliphatic rings. The number of hydrogen-bond acceptors (Lipinski definition) is 7. The van der Waals surface area contributed by atoms with Crippen molar-refractivity contribution in [2.45, 2.75) is 0 Å². The number of hydroxylamine groups is 1. The molecule has 1 rings (SSSR count). The van der Waals surface area contributed by atoms with Gasteiger partial charge in [0.2, 0.25) is 0 Å². The summed E-state index contributed by atoms with van der Waals surface area (Å²) in [4.78, 5) is 18.1. The monoisotopic (exact) mass is 132 g/mol. The highest BCUT2D eigenvalue weighted by Gasteiger charge is 2.18. The molecule has 4 N–H and O–H groups in total. The summed E-state index contributed by atoms with van der Waals surface area (Å²) in [5, 5.41) is 3.52. The SMILES string of the molecule is NC1=NOC(=O)ON1N. The van der Waals surface area contributed by atoms with Crippen LogP contribution in [0.3, 0.4) is 0 Å². The first-order valence-corrected chi connectivity index (χ1v) is 1.97. The number of carbonyl (C=O) groups is 1. The van der Waals surface area contributed by atoms with Gasteiger partial charge in [-0.25, -0.2) is 5.84 Å². The van der Waals surface area contributed by atoms with Crippen LogP contribution >= 0.6 is 0 Å². The molecule has 0 unspecified atom stereocenters. The van der Waals surface area contributed by atoms with Gasteiger partial charge >= 0.3 is 6.16 Å². The van der Waals surface area contributed by atoms with Crippen molar-refractivity contribution in [1.82, 2.24) is 5.17 Å². The lowest BCUT2D eigenvalue weighted by Gasteiger charge is -2.16. The number of oxime groups is 1. The third-order valence-electron chi connectivity index (χ3n) is 0.612. The molecule has 9 heavy (non-hydrogen) atoms. The third kappa shape index (κ3) is 0.995. The molecule has 0 spiro atoms. The number of carbonyl (C=O) groups excluding carboxylic acids is 1. The number of nitrogens with zero attached hydrogens (tertiary/aromatic N) is 2. The molecule has 0 saturated heterocycles. The zero-order valence-electron chi connectivity index (χ0n) is 4.27. The van der Waals surface area contributed by atoms with Crippen LogP contribution in [0.2, 0.25) is 0 Å². The van der Waals surface area contributed by atoms with E-state index < -0.39 is 6.16 Å². The van der Waals surface area contributed by atoms with Crippen LogP contribution in [-0.4, -0.2) is 17.3 Å². The van der Waals surface area contributed by atoms with Crippen molar-refractivity contribution < 1.29 is 14.5 Å². The van der Waals surface area contributed by atoms with Crippen LogP contribution in [0.1, 0.15) is 0 Å². The lowest BCUT2D eigenvalue weighted by molar-refractivity contribution is -0.0978. The molecule has 1 heterocycles. The zero-order chi connectivity index (χ0) is 6.85. The lowest BCUT2D eigenvalue weighted by Crippen LogP contribution is -2.46. The maximum atomic E-state index is 10.1. The minimum absolute atomic E-state index is 0.213. The van der Waals surface area contributed by atoms with Crippen LogP contribution in [0.5, 0.6) is 0 Å². The smallest absolute Gasteiger partial charge is 0.363 e. The fourth-order valence-corrected chi connectivity index (χ4v) is 0.268. The molecule has 0 fully saturated rings. The molecule has 7 nitrogen and oxygen atoms in total. The van der Waals surface area contributed by atoms with Crippen LogP contribution in [-0.2, 0) is 9.68 Å². The molecule has 0 amide bonds. The molecular formula is C2H4N4O3. The first-order valence-electron chi connectivity index (χ1n) is 1.97. The topological polar surface area (TPSA) is 103 Å². The van der Waals surface area contributed by atoms with Gasteiger partial charge in [0.1, 0.15) is 0 Å². The summed E-state index contributed by atoms with van der Waals surface area (Å²) in [7, 11) is 0. The Labute approximate surface area is 49.7 Å². The molecule has 7 heteroatoms. The van der Waals surface area contributed by atoms with E-state index in [9.17, 15) is 4.79 Å². The molecular weight excluding hydrogens is 128 g/mol. The van der Waals surface area contributed by atoms with Gasteiger partial charge in [0.15, 0.2) is 0 Å². The molecule has 0 aliphatic carbocycles. The van der Waals surface area contributed by atoms with Crippen molar-refractivity contribution in [3.8, 4) is 0 Å². The van der Waals surface area contributed by atoms with E-state index in [-0.39, 0.29) is 5.96 Å². The second kappa shape index (κ2) is 1.78. The quantitative estimate of drug-likeness (QED) is 0.306. The van der Waals surface area contributed by atoms with Crippen molar-refractivity contribution >= 4 is 12.1 Å². The van der Waals surface area contributed by atoms with Gasteiger partial charge in [-0.1, -0.05) is 5.17 Å². The maximum Gasteiger partial charge on any atom is 0.562 e. The van der Waals surface area contributed by atoms with E-state index in [2.05, 4.69) is 14.8 Å². The number of hydrazine groups is 1. The van der Waals surface area contributed by atoms with Gasteiger partial charge in [-0.2, -0.15) is 4.79 Å². The molecule has 1 aliphatic heterocycles. The maximum absolute atomic E-state index is 10.1. The summed E-state index contributed by atoms with van der Waals surface area (Å²) >= 11 is 0. The van der Waals surface area contributed by atoms with Gasteiger partial charge in [-0.05, 0) is 5.16 Å². The van der Waals surface area contributed by atoms with Gasteiger partial charge in [-0.3, -0.25) is 9.68 Å². The summed E-state index contributed by atoms with van der Waals surface area (Å²) in [5.74, 6) is 4.71. The van der Waals surface area contributed by atoms with E-state index in [0.717, 1.165) is 0 Å². The Morgan fingerprint density at radius 3 is 2.78 bits per heavy atom. The van der Waals surface area contributed by atoms with Gasteiger partial charge in [0, 0.05) is 0 Å². The molecule has 0 saturated carbocycles. The molecule has 0 aromatic carbocycles. The predicted molar refractivity (Wildman–Crippen MR) is 25.2 cm³/mol. The Morgan fingerprint density at radius 1 is 1.67 bits per heavy atom. The van der Waals surface area contributed by atoms with Gasteiger partial charge in [-0.15, -0.1) is 0 Å². The number of guanidine groups is 1. The van der Waals surface area contributed by atoms with Crippen molar-refractivity contribution in [3.63, 3.8) is 0 Å². The lowest BCUT2D eigenvalue weighted by atomic mass is 11.0. The summed E-state index contributed by atoms with van der Waals surface area (Å²) in [6.45, 7) is 0. The Morgan fingerprint density at radius 2 is 2.33 bits per heavy atom.